The maximum atomic E-state index is 11.5. The van der Waals surface area contributed by atoms with Crippen molar-refractivity contribution in [1.29, 1.82) is 0 Å². The molecular formula is C39H54N6O3S. The molecule has 10 heteroatoms. The monoisotopic (exact) mass is 686 g/mol. The van der Waals surface area contributed by atoms with Gasteiger partial charge in [-0.15, -0.1) is 0 Å². The van der Waals surface area contributed by atoms with Crippen molar-refractivity contribution in [2.75, 3.05) is 11.3 Å². The molecule has 2 heterocycles. The molecule has 49 heavy (non-hydrogen) atoms. The molecule has 264 valence electrons. The van der Waals surface area contributed by atoms with Crippen molar-refractivity contribution in [2.45, 2.75) is 99.1 Å². The van der Waals surface area contributed by atoms with E-state index < -0.39 is 5.97 Å². The van der Waals surface area contributed by atoms with Crippen molar-refractivity contribution in [1.82, 2.24) is 25.3 Å². The second-order valence-corrected chi connectivity index (χ2v) is 15.2. The van der Waals surface area contributed by atoms with Gasteiger partial charge in [-0.25, -0.2) is 19.7 Å². The number of allylic oxidation sites excluding steroid dienone is 5. The van der Waals surface area contributed by atoms with Crippen LogP contribution in [-0.4, -0.2) is 43.7 Å². The second kappa shape index (κ2) is 19.2. The zero-order valence-electron chi connectivity index (χ0n) is 30.6. The molecule has 0 saturated carbocycles. The maximum absolute atomic E-state index is 11.5. The summed E-state index contributed by atoms with van der Waals surface area (Å²) in [4.78, 5) is 31.1. The number of rotatable bonds is 18. The summed E-state index contributed by atoms with van der Waals surface area (Å²) in [6.45, 7) is 20.3. The van der Waals surface area contributed by atoms with Crippen molar-refractivity contribution < 1.29 is 14.6 Å². The number of aromatic carboxylic acids is 1. The molecule has 2 aromatic heterocycles. The summed E-state index contributed by atoms with van der Waals surface area (Å²) in [6, 6.07) is 6.75. The average Bonchev–Trinajstić information content (AvgIpc) is 3.02. The number of carbonyl (C=O) groups is 1. The minimum atomic E-state index is -0.978. The number of benzene rings is 1. The van der Waals surface area contributed by atoms with Crippen LogP contribution < -0.4 is 14.8 Å². The van der Waals surface area contributed by atoms with Gasteiger partial charge in [0.15, 0.2) is 0 Å². The Morgan fingerprint density at radius 3 is 2.43 bits per heavy atom. The number of carboxylic acid groups (broad SMARTS) is 1. The quantitative estimate of drug-likeness (QED) is 0.0882. The fourth-order valence-electron chi connectivity index (χ4n) is 5.14. The number of nitrogens with one attached hydrogen (secondary N) is 2. The molecular weight excluding hydrogens is 633 g/mol. The van der Waals surface area contributed by atoms with Crippen LogP contribution in [0.2, 0.25) is 0 Å². The van der Waals surface area contributed by atoms with Gasteiger partial charge in [-0.2, -0.15) is 4.98 Å². The van der Waals surface area contributed by atoms with E-state index in [4.69, 9.17) is 14.7 Å². The van der Waals surface area contributed by atoms with Gasteiger partial charge in [0.2, 0.25) is 11.8 Å². The van der Waals surface area contributed by atoms with Crippen molar-refractivity contribution >= 4 is 29.9 Å². The van der Waals surface area contributed by atoms with Gasteiger partial charge < -0.3 is 15.2 Å². The molecule has 0 bridgehead atoms. The van der Waals surface area contributed by atoms with Crippen LogP contribution in [0.5, 0.6) is 5.88 Å². The summed E-state index contributed by atoms with van der Waals surface area (Å²) in [5, 5.41) is 13.1. The van der Waals surface area contributed by atoms with E-state index in [0.29, 0.717) is 36.8 Å². The molecule has 0 aliphatic heterocycles. The highest BCUT2D eigenvalue weighted by Gasteiger charge is 2.21. The Bertz CT molecular complexity index is 1590. The highest BCUT2D eigenvalue weighted by molar-refractivity contribution is 8.00. The summed E-state index contributed by atoms with van der Waals surface area (Å²) in [5.74, 6) is 1.63. The molecule has 3 N–H and O–H groups in total. The molecule has 1 aromatic carbocycles. The van der Waals surface area contributed by atoms with E-state index >= 15 is 0 Å². The Morgan fingerprint density at radius 2 is 1.80 bits per heavy atom. The van der Waals surface area contributed by atoms with Gasteiger partial charge in [0.25, 0.3) is 0 Å². The SMILES string of the molecule is C/C=C/C=C\C(=C\c1nc(NSc2cccc(C(=O)O)c2)nc(OCC(CC(C)(C)C)NCc2ncc(CC(C)C)cn2)c1C)CC(C)C. The first-order valence-corrected chi connectivity index (χ1v) is 17.8. The first-order chi connectivity index (χ1) is 23.2. The minimum absolute atomic E-state index is 0.0112. The molecule has 0 aliphatic carbocycles. The largest absolute Gasteiger partial charge is 0.478 e. The van der Waals surface area contributed by atoms with Crippen molar-refractivity contribution in [3.8, 4) is 5.88 Å². The first kappa shape index (κ1) is 39.4. The fraction of sp³-hybridized carbons (Fsp3) is 0.462. The van der Waals surface area contributed by atoms with E-state index in [1.807, 2.05) is 50.5 Å². The van der Waals surface area contributed by atoms with Gasteiger partial charge >= 0.3 is 5.97 Å². The molecule has 9 nitrogen and oxygen atoms in total. The number of aromatic nitrogens is 4. The molecule has 0 radical (unpaired) electrons. The van der Waals surface area contributed by atoms with Crippen LogP contribution in [0, 0.1) is 24.2 Å². The fourth-order valence-corrected chi connectivity index (χ4v) is 5.78. The van der Waals surface area contributed by atoms with Gasteiger partial charge in [-0.05, 0) is 97.7 Å². The van der Waals surface area contributed by atoms with E-state index in [2.05, 4.69) is 80.6 Å². The molecule has 1 unspecified atom stereocenters. The number of ether oxygens (including phenoxy) is 1. The number of nitrogens with zero attached hydrogens (tertiary/aromatic N) is 4. The molecule has 0 aliphatic rings. The predicted molar refractivity (Wildman–Crippen MR) is 202 cm³/mol. The summed E-state index contributed by atoms with van der Waals surface area (Å²) in [6.07, 6.45) is 16.8. The Hall–Kier alpha value is -4.02. The van der Waals surface area contributed by atoms with Crippen LogP contribution in [0.25, 0.3) is 6.08 Å². The third-order valence-electron chi connectivity index (χ3n) is 7.29. The Balaban J connectivity index is 1.91. The molecule has 0 saturated heterocycles. The lowest BCUT2D eigenvalue weighted by Crippen LogP contribution is -2.38. The van der Waals surface area contributed by atoms with Gasteiger partial charge in [-0.3, -0.25) is 4.72 Å². The average molecular weight is 687 g/mol. The topological polar surface area (TPSA) is 122 Å². The number of anilines is 1. The third-order valence-corrected chi connectivity index (χ3v) is 8.07. The van der Waals surface area contributed by atoms with Crippen molar-refractivity contribution in [2.24, 2.45) is 17.3 Å². The third kappa shape index (κ3) is 14.6. The van der Waals surface area contributed by atoms with Gasteiger partial charge in [-0.1, -0.05) is 78.8 Å². The zero-order valence-corrected chi connectivity index (χ0v) is 31.4. The standard InChI is InChI=1S/C39H54N6O3S/c1-10-11-12-14-29(17-26(2)3)19-34-28(6)36(44-38(43-34)45-49-33-16-13-15-31(20-33)37(46)47)48-25-32(21-39(7,8)9)40-24-35-41-22-30(23-42-35)18-27(4)5/h10-16,19-20,22-23,26-27,32,40H,17-18,21,24-25H2,1-9H3,(H,46,47)(H,43,44,45)/b11-10+,14-12-,29-19-. The van der Waals surface area contributed by atoms with Crippen LogP contribution in [0.15, 0.2) is 71.4 Å². The Labute approximate surface area is 297 Å². The van der Waals surface area contributed by atoms with Crippen molar-refractivity contribution in [3.63, 3.8) is 0 Å². The van der Waals surface area contributed by atoms with Crippen molar-refractivity contribution in [3.05, 3.63) is 94.7 Å². The molecule has 3 aromatic rings. The van der Waals surface area contributed by atoms with Crippen LogP contribution >= 0.6 is 11.9 Å². The first-order valence-electron chi connectivity index (χ1n) is 17.0. The van der Waals surface area contributed by atoms with E-state index in [1.165, 1.54) is 11.9 Å². The summed E-state index contributed by atoms with van der Waals surface area (Å²) in [7, 11) is 0. The summed E-state index contributed by atoms with van der Waals surface area (Å²) >= 11 is 1.25. The van der Waals surface area contributed by atoms with Gasteiger partial charge in [0.1, 0.15) is 12.4 Å². The number of hydrogen-bond donors (Lipinski definition) is 3. The molecule has 1 atom stereocenters. The van der Waals surface area contributed by atoms with Crippen LogP contribution in [0.4, 0.5) is 5.95 Å². The van der Waals surface area contributed by atoms with Gasteiger partial charge in [0, 0.05) is 28.9 Å². The number of carboxylic acids is 1. The smallest absolute Gasteiger partial charge is 0.335 e. The Morgan fingerprint density at radius 1 is 1.06 bits per heavy atom. The maximum Gasteiger partial charge on any atom is 0.335 e. The lowest BCUT2D eigenvalue weighted by atomic mass is 9.88. The van der Waals surface area contributed by atoms with E-state index in [1.54, 1.807) is 18.2 Å². The highest BCUT2D eigenvalue weighted by Crippen LogP contribution is 2.28. The minimum Gasteiger partial charge on any atom is -0.478 e. The zero-order chi connectivity index (χ0) is 36.0. The molecule has 3 rings (SSSR count). The van der Waals surface area contributed by atoms with Crippen LogP contribution in [0.3, 0.4) is 0 Å². The van der Waals surface area contributed by atoms with Crippen LogP contribution in [-0.2, 0) is 13.0 Å². The lowest BCUT2D eigenvalue weighted by Gasteiger charge is -2.27. The predicted octanol–water partition coefficient (Wildman–Crippen LogP) is 9.13. The summed E-state index contributed by atoms with van der Waals surface area (Å²) in [5.41, 5.74) is 4.14. The lowest BCUT2D eigenvalue weighted by molar-refractivity contribution is 0.0696. The molecule has 0 spiro atoms. The highest BCUT2D eigenvalue weighted by atomic mass is 32.2. The molecule has 0 fully saturated rings. The van der Waals surface area contributed by atoms with E-state index in [-0.39, 0.29) is 17.0 Å². The van der Waals surface area contributed by atoms with E-state index in [9.17, 15) is 9.90 Å². The summed E-state index contributed by atoms with van der Waals surface area (Å²) < 4.78 is 9.72. The number of hydrogen-bond acceptors (Lipinski definition) is 9. The van der Waals surface area contributed by atoms with Gasteiger partial charge in [0.05, 0.1) is 17.8 Å². The Kier molecular flexibility index (Phi) is 15.5. The second-order valence-electron chi connectivity index (χ2n) is 14.4. The normalized spacial score (nSPS) is 13.2. The van der Waals surface area contributed by atoms with E-state index in [0.717, 1.165) is 52.4 Å². The molecule has 0 amide bonds. The van der Waals surface area contributed by atoms with Crippen LogP contribution in [0.1, 0.15) is 101 Å².